The molecule has 7 nitrogen and oxygen atoms in total. The number of tetrazole rings is 1. The zero-order valence-corrected chi connectivity index (χ0v) is 12.3. The lowest BCUT2D eigenvalue weighted by molar-refractivity contribution is -0.141. The second kappa shape index (κ2) is 7.49. The topological polar surface area (TPSA) is 73.1 Å². The number of para-hydroxylation sites is 1. The molecule has 0 aliphatic carbocycles. The van der Waals surface area contributed by atoms with Gasteiger partial charge in [-0.2, -0.15) is 4.68 Å². The zero-order valence-electron chi connectivity index (χ0n) is 12.3. The summed E-state index contributed by atoms with van der Waals surface area (Å²) < 4.78 is 6.37. The van der Waals surface area contributed by atoms with Crippen molar-refractivity contribution < 1.29 is 9.53 Å². The molecule has 2 rings (SSSR count). The summed E-state index contributed by atoms with van der Waals surface area (Å²) in [5.74, 6) is 0.531. The van der Waals surface area contributed by atoms with Gasteiger partial charge >= 0.3 is 5.97 Å². The second-order valence-corrected chi connectivity index (χ2v) is 4.54. The number of ether oxygens (including phenoxy) is 1. The summed E-state index contributed by atoms with van der Waals surface area (Å²) >= 11 is 0. The van der Waals surface area contributed by atoms with Crippen LogP contribution in [0, 0.1) is 0 Å². The van der Waals surface area contributed by atoms with Crippen LogP contribution in [0.1, 0.15) is 19.2 Å². The second-order valence-electron chi connectivity index (χ2n) is 4.54. The number of hydrogen-bond donors (Lipinski definition) is 0. The lowest BCUT2D eigenvalue weighted by atomic mass is 10.3. The summed E-state index contributed by atoms with van der Waals surface area (Å²) in [5.41, 5.74) is 0.918. The van der Waals surface area contributed by atoms with Gasteiger partial charge in [-0.25, -0.2) is 0 Å². The molecular formula is C14H19N5O2. The van der Waals surface area contributed by atoms with Crippen molar-refractivity contribution in [3.8, 4) is 5.69 Å². The minimum atomic E-state index is -0.212. The summed E-state index contributed by atoms with van der Waals surface area (Å²) in [5, 5.41) is 11.8. The number of benzene rings is 1. The first kappa shape index (κ1) is 15.1. The van der Waals surface area contributed by atoms with Gasteiger partial charge in [-0.15, -0.1) is 5.10 Å². The molecule has 0 N–H and O–H groups in total. The Morgan fingerprint density at radius 3 is 2.76 bits per heavy atom. The van der Waals surface area contributed by atoms with Crippen molar-refractivity contribution in [2.45, 2.75) is 19.9 Å². The van der Waals surface area contributed by atoms with E-state index in [0.29, 0.717) is 19.5 Å². The molecule has 1 aromatic carbocycles. The van der Waals surface area contributed by atoms with Crippen LogP contribution in [-0.2, 0) is 16.1 Å². The molecule has 0 spiro atoms. The molecule has 112 valence electrons. The molecule has 0 fully saturated rings. The quantitative estimate of drug-likeness (QED) is 0.709. The first-order valence-electron chi connectivity index (χ1n) is 6.86. The SMILES string of the molecule is CCN(CCC(=O)OC)Cc1nnnn1-c1ccccc1. The molecule has 0 atom stereocenters. The molecule has 0 amide bonds. The van der Waals surface area contributed by atoms with Gasteiger partial charge in [0.15, 0.2) is 5.82 Å². The van der Waals surface area contributed by atoms with E-state index >= 15 is 0 Å². The van der Waals surface area contributed by atoms with Crippen LogP contribution in [0.5, 0.6) is 0 Å². The van der Waals surface area contributed by atoms with Gasteiger partial charge in [-0.3, -0.25) is 9.69 Å². The molecule has 0 aliphatic rings. The van der Waals surface area contributed by atoms with Crippen molar-refractivity contribution in [1.29, 1.82) is 0 Å². The fourth-order valence-corrected chi connectivity index (χ4v) is 1.97. The standard InChI is InChI=1S/C14H19N5O2/c1-3-18(10-9-14(20)21-2)11-13-15-16-17-19(13)12-7-5-4-6-8-12/h4-8H,3,9-11H2,1-2H3. The molecule has 1 aromatic heterocycles. The Balaban J connectivity index is 2.05. The van der Waals surface area contributed by atoms with Crippen LogP contribution in [0.15, 0.2) is 30.3 Å². The minimum absolute atomic E-state index is 0.212. The Morgan fingerprint density at radius 1 is 1.33 bits per heavy atom. The van der Waals surface area contributed by atoms with Gasteiger partial charge in [-0.05, 0) is 29.1 Å². The minimum Gasteiger partial charge on any atom is -0.469 e. The Labute approximate surface area is 123 Å². The molecule has 0 radical (unpaired) electrons. The maximum atomic E-state index is 11.2. The largest absolute Gasteiger partial charge is 0.469 e. The number of nitrogens with zero attached hydrogens (tertiary/aromatic N) is 5. The van der Waals surface area contributed by atoms with E-state index in [0.717, 1.165) is 18.1 Å². The molecule has 0 aliphatic heterocycles. The maximum Gasteiger partial charge on any atom is 0.306 e. The Kier molecular flexibility index (Phi) is 5.39. The maximum absolute atomic E-state index is 11.2. The molecule has 21 heavy (non-hydrogen) atoms. The molecule has 0 saturated heterocycles. The van der Waals surface area contributed by atoms with Gasteiger partial charge in [-0.1, -0.05) is 25.1 Å². The number of esters is 1. The third kappa shape index (κ3) is 4.09. The molecule has 0 unspecified atom stereocenters. The van der Waals surface area contributed by atoms with Crippen LogP contribution in [-0.4, -0.2) is 51.3 Å². The average Bonchev–Trinajstić information content (AvgIpc) is 2.99. The van der Waals surface area contributed by atoms with Crippen LogP contribution in [0.2, 0.25) is 0 Å². The summed E-state index contributed by atoms with van der Waals surface area (Å²) in [6.45, 7) is 4.03. The van der Waals surface area contributed by atoms with Crippen molar-refractivity contribution in [2.24, 2.45) is 0 Å². The highest BCUT2D eigenvalue weighted by Gasteiger charge is 2.13. The van der Waals surface area contributed by atoms with Crippen molar-refractivity contribution >= 4 is 5.97 Å². The number of carbonyl (C=O) groups is 1. The highest BCUT2D eigenvalue weighted by Crippen LogP contribution is 2.09. The number of rotatable bonds is 7. The van der Waals surface area contributed by atoms with Gasteiger partial charge in [0, 0.05) is 6.54 Å². The third-order valence-electron chi connectivity index (χ3n) is 3.21. The van der Waals surface area contributed by atoms with E-state index in [1.54, 1.807) is 4.68 Å². The van der Waals surface area contributed by atoms with Crippen LogP contribution < -0.4 is 0 Å². The molecule has 0 bridgehead atoms. The van der Waals surface area contributed by atoms with Gasteiger partial charge in [0.2, 0.25) is 0 Å². The predicted octanol–water partition coefficient (Wildman–Crippen LogP) is 1.05. The summed E-state index contributed by atoms with van der Waals surface area (Å²) in [7, 11) is 1.40. The predicted molar refractivity (Wildman–Crippen MR) is 76.7 cm³/mol. The molecule has 1 heterocycles. The average molecular weight is 289 g/mol. The fraction of sp³-hybridized carbons (Fsp3) is 0.429. The van der Waals surface area contributed by atoms with Crippen LogP contribution in [0.3, 0.4) is 0 Å². The number of hydrogen-bond acceptors (Lipinski definition) is 6. The van der Waals surface area contributed by atoms with Crippen molar-refractivity contribution in [3.05, 3.63) is 36.2 Å². The number of aromatic nitrogens is 4. The first-order valence-corrected chi connectivity index (χ1v) is 6.86. The molecule has 7 heteroatoms. The van der Waals surface area contributed by atoms with Gasteiger partial charge < -0.3 is 4.74 Å². The van der Waals surface area contributed by atoms with Crippen molar-refractivity contribution in [1.82, 2.24) is 25.1 Å². The number of methoxy groups -OCH3 is 1. The normalized spacial score (nSPS) is 10.8. The van der Waals surface area contributed by atoms with Crippen molar-refractivity contribution in [2.75, 3.05) is 20.2 Å². The van der Waals surface area contributed by atoms with E-state index in [9.17, 15) is 4.79 Å². The number of carbonyl (C=O) groups excluding carboxylic acids is 1. The van der Waals surface area contributed by atoms with Crippen LogP contribution in [0.25, 0.3) is 5.69 Å². The highest BCUT2D eigenvalue weighted by molar-refractivity contribution is 5.69. The van der Waals surface area contributed by atoms with E-state index in [4.69, 9.17) is 0 Å². The Morgan fingerprint density at radius 2 is 2.10 bits per heavy atom. The van der Waals surface area contributed by atoms with E-state index in [1.807, 2.05) is 37.3 Å². The lowest BCUT2D eigenvalue weighted by Gasteiger charge is -2.18. The smallest absolute Gasteiger partial charge is 0.306 e. The van der Waals surface area contributed by atoms with E-state index in [2.05, 4.69) is 25.2 Å². The third-order valence-corrected chi connectivity index (χ3v) is 3.21. The van der Waals surface area contributed by atoms with Gasteiger partial charge in [0.25, 0.3) is 0 Å². The van der Waals surface area contributed by atoms with E-state index in [-0.39, 0.29) is 5.97 Å². The molecule has 2 aromatic rings. The van der Waals surface area contributed by atoms with E-state index in [1.165, 1.54) is 7.11 Å². The summed E-state index contributed by atoms with van der Waals surface area (Å²) in [6.07, 6.45) is 0.358. The van der Waals surface area contributed by atoms with Crippen LogP contribution in [0.4, 0.5) is 0 Å². The summed E-state index contributed by atoms with van der Waals surface area (Å²) in [4.78, 5) is 13.3. The Bertz CT molecular complexity index is 570. The monoisotopic (exact) mass is 289 g/mol. The Hall–Kier alpha value is -2.28. The van der Waals surface area contributed by atoms with E-state index < -0.39 is 0 Å². The lowest BCUT2D eigenvalue weighted by Crippen LogP contribution is -2.27. The van der Waals surface area contributed by atoms with Gasteiger partial charge in [0.05, 0.1) is 25.8 Å². The summed E-state index contributed by atoms with van der Waals surface area (Å²) in [6, 6.07) is 9.72. The highest BCUT2D eigenvalue weighted by atomic mass is 16.5. The van der Waals surface area contributed by atoms with Gasteiger partial charge in [0.1, 0.15) is 0 Å². The molecular weight excluding hydrogens is 270 g/mol. The fourth-order valence-electron chi connectivity index (χ4n) is 1.97. The van der Waals surface area contributed by atoms with Crippen molar-refractivity contribution in [3.63, 3.8) is 0 Å². The molecule has 0 saturated carbocycles. The first-order chi connectivity index (χ1) is 10.2. The zero-order chi connectivity index (χ0) is 15.1. The van der Waals surface area contributed by atoms with Crippen LogP contribution >= 0.6 is 0 Å².